The second-order valence-corrected chi connectivity index (χ2v) is 6.32. The average molecular weight is 239 g/mol. The Bertz CT molecular complexity index is 233. The van der Waals surface area contributed by atoms with Crippen molar-refractivity contribution < 1.29 is 4.74 Å². The first-order valence-electron chi connectivity index (χ1n) is 7.54. The molecule has 2 aliphatic rings. The van der Waals surface area contributed by atoms with Gasteiger partial charge in [-0.25, -0.2) is 0 Å². The van der Waals surface area contributed by atoms with Crippen LogP contribution in [0.3, 0.4) is 0 Å². The Morgan fingerprint density at radius 2 is 2.00 bits per heavy atom. The highest BCUT2D eigenvalue weighted by molar-refractivity contribution is 4.94. The molecular weight excluding hydrogens is 210 g/mol. The Balaban J connectivity index is 1.99. The van der Waals surface area contributed by atoms with Gasteiger partial charge in [0, 0.05) is 12.6 Å². The van der Waals surface area contributed by atoms with E-state index in [1.165, 1.54) is 38.5 Å². The summed E-state index contributed by atoms with van der Waals surface area (Å²) in [5.41, 5.74) is 0.269. The van der Waals surface area contributed by atoms with Crippen LogP contribution in [-0.4, -0.2) is 24.8 Å². The van der Waals surface area contributed by atoms with Crippen molar-refractivity contribution in [2.24, 2.45) is 11.8 Å². The summed E-state index contributed by atoms with van der Waals surface area (Å²) in [5, 5.41) is 3.70. The van der Waals surface area contributed by atoms with Crippen LogP contribution in [0.25, 0.3) is 0 Å². The largest absolute Gasteiger partial charge is 0.375 e. The minimum Gasteiger partial charge on any atom is -0.375 e. The van der Waals surface area contributed by atoms with Crippen molar-refractivity contribution in [3.05, 3.63) is 0 Å². The molecular formula is C15H29NO. The van der Waals surface area contributed by atoms with Crippen LogP contribution in [0.1, 0.15) is 59.3 Å². The number of nitrogens with one attached hydrogen (secondary N) is 1. The van der Waals surface area contributed by atoms with E-state index in [1.807, 2.05) is 0 Å². The van der Waals surface area contributed by atoms with Gasteiger partial charge in [0.25, 0.3) is 0 Å². The lowest BCUT2D eigenvalue weighted by Crippen LogP contribution is -2.47. The molecule has 1 aliphatic carbocycles. The van der Waals surface area contributed by atoms with E-state index in [-0.39, 0.29) is 5.60 Å². The lowest BCUT2D eigenvalue weighted by atomic mass is 9.77. The third-order valence-corrected chi connectivity index (χ3v) is 4.71. The third-order valence-electron chi connectivity index (χ3n) is 4.71. The molecule has 2 rings (SSSR count). The van der Waals surface area contributed by atoms with Crippen LogP contribution < -0.4 is 5.32 Å². The quantitative estimate of drug-likeness (QED) is 0.812. The molecule has 2 nitrogen and oxygen atoms in total. The monoisotopic (exact) mass is 239 g/mol. The van der Waals surface area contributed by atoms with Crippen LogP contribution >= 0.6 is 0 Å². The van der Waals surface area contributed by atoms with E-state index in [0.717, 1.165) is 25.0 Å². The molecule has 1 spiro atoms. The molecule has 1 saturated carbocycles. The topological polar surface area (TPSA) is 21.3 Å². The van der Waals surface area contributed by atoms with Crippen LogP contribution in [0, 0.1) is 11.8 Å². The van der Waals surface area contributed by atoms with Gasteiger partial charge in [-0.3, -0.25) is 0 Å². The van der Waals surface area contributed by atoms with Crippen LogP contribution in [0.5, 0.6) is 0 Å². The molecule has 1 N–H and O–H groups in total. The zero-order chi connectivity index (χ0) is 12.3. The lowest BCUT2D eigenvalue weighted by molar-refractivity contribution is -0.100. The third kappa shape index (κ3) is 3.03. The van der Waals surface area contributed by atoms with E-state index in [1.54, 1.807) is 0 Å². The van der Waals surface area contributed by atoms with Gasteiger partial charge in [0.1, 0.15) is 0 Å². The van der Waals surface area contributed by atoms with Crippen LogP contribution in [0.15, 0.2) is 0 Å². The van der Waals surface area contributed by atoms with Crippen molar-refractivity contribution in [2.75, 3.05) is 13.2 Å². The van der Waals surface area contributed by atoms with E-state index in [4.69, 9.17) is 4.74 Å². The van der Waals surface area contributed by atoms with Gasteiger partial charge in [0.2, 0.25) is 0 Å². The molecule has 0 radical (unpaired) electrons. The summed E-state index contributed by atoms with van der Waals surface area (Å²) in [6, 6.07) is 0.682. The Morgan fingerprint density at radius 3 is 2.59 bits per heavy atom. The number of ether oxygens (including phenoxy) is 1. The Hall–Kier alpha value is -0.0800. The second-order valence-electron chi connectivity index (χ2n) is 6.32. The molecule has 2 heteroatoms. The number of hydrogen-bond acceptors (Lipinski definition) is 2. The van der Waals surface area contributed by atoms with Crippen molar-refractivity contribution >= 4 is 0 Å². The Labute approximate surface area is 107 Å². The summed E-state index contributed by atoms with van der Waals surface area (Å²) >= 11 is 0. The van der Waals surface area contributed by atoms with Crippen LogP contribution in [-0.2, 0) is 4.74 Å². The maximum Gasteiger partial charge on any atom is 0.0685 e. The van der Waals surface area contributed by atoms with Crippen molar-refractivity contribution in [3.63, 3.8) is 0 Å². The summed E-state index contributed by atoms with van der Waals surface area (Å²) in [6.45, 7) is 9.00. The number of hydrogen-bond donors (Lipinski definition) is 1. The first kappa shape index (κ1) is 13.4. The highest BCUT2D eigenvalue weighted by Crippen LogP contribution is 2.43. The minimum atomic E-state index is 0.269. The smallest absolute Gasteiger partial charge is 0.0685 e. The highest BCUT2D eigenvalue weighted by atomic mass is 16.5. The summed E-state index contributed by atoms with van der Waals surface area (Å²) in [6.07, 6.45) is 7.90. The summed E-state index contributed by atoms with van der Waals surface area (Å²) in [4.78, 5) is 0. The summed E-state index contributed by atoms with van der Waals surface area (Å²) in [7, 11) is 0. The molecule has 0 aromatic carbocycles. The fourth-order valence-electron chi connectivity index (χ4n) is 3.92. The van der Waals surface area contributed by atoms with Crippen molar-refractivity contribution in [1.82, 2.24) is 5.32 Å². The zero-order valence-corrected chi connectivity index (χ0v) is 11.8. The van der Waals surface area contributed by atoms with E-state index in [2.05, 4.69) is 26.1 Å². The molecule has 2 atom stereocenters. The van der Waals surface area contributed by atoms with Crippen molar-refractivity contribution in [1.29, 1.82) is 0 Å². The lowest BCUT2D eigenvalue weighted by Gasteiger charge is -2.42. The van der Waals surface area contributed by atoms with Crippen molar-refractivity contribution in [2.45, 2.75) is 70.9 Å². The van der Waals surface area contributed by atoms with Gasteiger partial charge in [-0.2, -0.15) is 0 Å². The first-order chi connectivity index (χ1) is 8.17. The van der Waals surface area contributed by atoms with E-state index < -0.39 is 0 Å². The summed E-state index contributed by atoms with van der Waals surface area (Å²) in [5.74, 6) is 1.55. The standard InChI is InChI=1S/C15H29NO/c1-4-16-14(12(2)3)13-7-10-17-15(11-13)8-5-6-9-15/h12-14,16H,4-11H2,1-3H3. The Morgan fingerprint density at radius 1 is 1.29 bits per heavy atom. The van der Waals surface area contributed by atoms with E-state index in [9.17, 15) is 0 Å². The molecule has 1 aliphatic heterocycles. The number of rotatable bonds is 4. The van der Waals surface area contributed by atoms with Crippen LogP contribution in [0.2, 0.25) is 0 Å². The van der Waals surface area contributed by atoms with Crippen molar-refractivity contribution in [3.8, 4) is 0 Å². The molecule has 1 saturated heterocycles. The highest BCUT2D eigenvalue weighted by Gasteiger charge is 2.42. The van der Waals surface area contributed by atoms with Gasteiger partial charge < -0.3 is 10.1 Å². The molecule has 1 heterocycles. The molecule has 0 amide bonds. The molecule has 2 unspecified atom stereocenters. The van der Waals surface area contributed by atoms with Crippen LogP contribution in [0.4, 0.5) is 0 Å². The molecule has 100 valence electrons. The van der Waals surface area contributed by atoms with Gasteiger partial charge in [0.05, 0.1) is 5.60 Å². The molecule has 17 heavy (non-hydrogen) atoms. The SMILES string of the molecule is CCNC(C(C)C)C1CCOC2(CCCC2)C1. The Kier molecular flexibility index (Phi) is 4.48. The van der Waals surface area contributed by atoms with Gasteiger partial charge in [-0.15, -0.1) is 0 Å². The zero-order valence-electron chi connectivity index (χ0n) is 11.8. The van der Waals surface area contributed by atoms with Gasteiger partial charge in [0.15, 0.2) is 0 Å². The fraction of sp³-hybridized carbons (Fsp3) is 1.00. The van der Waals surface area contributed by atoms with E-state index in [0.29, 0.717) is 6.04 Å². The maximum atomic E-state index is 6.14. The molecule has 0 aromatic heterocycles. The molecule has 2 fully saturated rings. The average Bonchev–Trinajstić information content (AvgIpc) is 2.73. The molecule has 0 bridgehead atoms. The van der Waals surface area contributed by atoms with Gasteiger partial charge in [-0.05, 0) is 44.1 Å². The predicted octanol–water partition coefficient (Wildman–Crippen LogP) is 3.36. The minimum absolute atomic E-state index is 0.269. The maximum absolute atomic E-state index is 6.14. The summed E-state index contributed by atoms with van der Waals surface area (Å²) < 4.78 is 6.14. The second kappa shape index (κ2) is 5.71. The van der Waals surface area contributed by atoms with Gasteiger partial charge in [-0.1, -0.05) is 33.6 Å². The van der Waals surface area contributed by atoms with E-state index >= 15 is 0 Å². The first-order valence-corrected chi connectivity index (χ1v) is 7.54. The normalized spacial score (nSPS) is 30.0. The van der Waals surface area contributed by atoms with Gasteiger partial charge >= 0.3 is 0 Å². The molecule has 0 aromatic rings. The fourth-order valence-corrected chi connectivity index (χ4v) is 3.92. The predicted molar refractivity (Wildman–Crippen MR) is 72.2 cm³/mol.